The maximum Gasteiger partial charge on any atom is 0.160 e. The maximum atomic E-state index is 5.77. The number of nitrogens with two attached hydrogens (primary N) is 1. The zero-order valence-electron chi connectivity index (χ0n) is 9.67. The molecule has 0 amide bonds. The lowest BCUT2D eigenvalue weighted by Gasteiger charge is -2.07. The van der Waals surface area contributed by atoms with Crippen molar-refractivity contribution in [2.24, 2.45) is 0 Å². The molecule has 0 aromatic carbocycles. The number of aryl methyl sites for hydroxylation is 1. The maximum absolute atomic E-state index is 5.77. The predicted molar refractivity (Wildman–Crippen MR) is 64.7 cm³/mol. The van der Waals surface area contributed by atoms with Crippen molar-refractivity contribution in [1.82, 2.24) is 14.6 Å². The Hall–Kier alpha value is -1.62. The Morgan fingerprint density at radius 1 is 1.41 bits per heavy atom. The Bertz CT molecular complexity index is 516. The van der Waals surface area contributed by atoms with E-state index in [1.807, 2.05) is 22.7 Å². The molecule has 3 rings (SSSR count). The van der Waals surface area contributed by atoms with E-state index in [1.54, 1.807) is 0 Å². The highest BCUT2D eigenvalue weighted by Gasteiger charge is 2.16. The second kappa shape index (κ2) is 4.33. The van der Waals surface area contributed by atoms with Gasteiger partial charge in [-0.15, -0.1) is 10.2 Å². The molecule has 2 aromatic rings. The normalized spacial score (nSPS) is 20.1. The highest BCUT2D eigenvalue weighted by molar-refractivity contribution is 5.47. The number of aromatic nitrogens is 3. The van der Waals surface area contributed by atoms with Gasteiger partial charge in [0, 0.05) is 24.9 Å². The van der Waals surface area contributed by atoms with E-state index in [0.29, 0.717) is 6.10 Å². The van der Waals surface area contributed by atoms with Crippen LogP contribution in [-0.2, 0) is 11.2 Å². The number of pyridine rings is 1. The molecule has 1 aliphatic heterocycles. The van der Waals surface area contributed by atoms with Crippen LogP contribution in [0.5, 0.6) is 0 Å². The van der Waals surface area contributed by atoms with Gasteiger partial charge < -0.3 is 10.5 Å². The van der Waals surface area contributed by atoms with Crippen LogP contribution in [0.1, 0.15) is 25.1 Å². The Kier molecular flexibility index (Phi) is 2.68. The molecule has 0 aliphatic carbocycles. The molecule has 0 radical (unpaired) electrons. The number of nitrogen functional groups attached to an aromatic ring is 1. The summed E-state index contributed by atoms with van der Waals surface area (Å²) in [6, 6.07) is 3.73. The van der Waals surface area contributed by atoms with Crippen LogP contribution >= 0.6 is 0 Å². The van der Waals surface area contributed by atoms with Gasteiger partial charge in [0.2, 0.25) is 0 Å². The average Bonchev–Trinajstić information content (AvgIpc) is 2.94. The second-order valence-corrected chi connectivity index (χ2v) is 4.48. The molecule has 0 spiro atoms. The molecule has 3 heterocycles. The molecular formula is C12H16N4O. The summed E-state index contributed by atoms with van der Waals surface area (Å²) in [4.78, 5) is 0. The zero-order valence-corrected chi connectivity index (χ0v) is 9.67. The third-order valence-electron chi connectivity index (χ3n) is 3.21. The van der Waals surface area contributed by atoms with Crippen LogP contribution in [0.25, 0.3) is 5.65 Å². The van der Waals surface area contributed by atoms with Crippen LogP contribution in [0.3, 0.4) is 0 Å². The first kappa shape index (κ1) is 10.5. The number of hydrogen-bond donors (Lipinski definition) is 1. The summed E-state index contributed by atoms with van der Waals surface area (Å²) < 4.78 is 7.57. The van der Waals surface area contributed by atoms with Gasteiger partial charge >= 0.3 is 0 Å². The van der Waals surface area contributed by atoms with Gasteiger partial charge in [-0.05, 0) is 31.4 Å². The summed E-state index contributed by atoms with van der Waals surface area (Å²) >= 11 is 0. The van der Waals surface area contributed by atoms with Gasteiger partial charge in [-0.3, -0.25) is 4.40 Å². The summed E-state index contributed by atoms with van der Waals surface area (Å²) in [7, 11) is 0. The molecule has 0 bridgehead atoms. The smallest absolute Gasteiger partial charge is 0.160 e. The van der Waals surface area contributed by atoms with Crippen LogP contribution in [0.15, 0.2) is 18.3 Å². The highest BCUT2D eigenvalue weighted by Crippen LogP contribution is 2.18. The summed E-state index contributed by atoms with van der Waals surface area (Å²) in [5, 5.41) is 8.32. The Labute approximate surface area is 99.6 Å². The van der Waals surface area contributed by atoms with Crippen molar-refractivity contribution in [1.29, 1.82) is 0 Å². The van der Waals surface area contributed by atoms with E-state index in [-0.39, 0.29) is 0 Å². The molecule has 1 unspecified atom stereocenters. The largest absolute Gasteiger partial charge is 0.398 e. The van der Waals surface area contributed by atoms with Gasteiger partial charge in [0.1, 0.15) is 5.82 Å². The van der Waals surface area contributed by atoms with Crippen molar-refractivity contribution in [3.8, 4) is 0 Å². The molecular weight excluding hydrogens is 216 g/mol. The van der Waals surface area contributed by atoms with E-state index in [9.17, 15) is 0 Å². The Morgan fingerprint density at radius 3 is 3.18 bits per heavy atom. The first-order chi connectivity index (χ1) is 8.33. The van der Waals surface area contributed by atoms with E-state index < -0.39 is 0 Å². The fraction of sp³-hybridized carbons (Fsp3) is 0.500. The summed E-state index contributed by atoms with van der Waals surface area (Å²) in [6.07, 6.45) is 6.51. The molecule has 1 atom stereocenters. The first-order valence-corrected chi connectivity index (χ1v) is 6.04. The van der Waals surface area contributed by atoms with Crippen molar-refractivity contribution >= 4 is 11.3 Å². The molecule has 17 heavy (non-hydrogen) atoms. The molecule has 1 fully saturated rings. The van der Waals surface area contributed by atoms with Crippen LogP contribution in [0, 0.1) is 0 Å². The summed E-state index contributed by atoms with van der Waals surface area (Å²) in [5.41, 5.74) is 7.35. The average molecular weight is 232 g/mol. The van der Waals surface area contributed by atoms with Crippen LogP contribution in [0.4, 0.5) is 5.69 Å². The van der Waals surface area contributed by atoms with Crippen LogP contribution in [0.2, 0.25) is 0 Å². The minimum atomic E-state index is 0.392. The number of fused-ring (bicyclic) bond motifs is 1. The summed E-state index contributed by atoms with van der Waals surface area (Å²) in [6.45, 7) is 0.901. The Balaban J connectivity index is 1.77. The first-order valence-electron chi connectivity index (χ1n) is 6.04. The standard InChI is InChI=1S/C12H16N4O/c13-9-3-5-11-14-15-12(16(11)8-9)6-4-10-2-1-7-17-10/h3,5,8,10H,1-2,4,6-7,13H2. The van der Waals surface area contributed by atoms with Crippen LogP contribution in [-0.4, -0.2) is 27.3 Å². The van der Waals surface area contributed by atoms with E-state index in [2.05, 4.69) is 10.2 Å². The highest BCUT2D eigenvalue weighted by atomic mass is 16.5. The van der Waals surface area contributed by atoms with Gasteiger partial charge in [-0.25, -0.2) is 0 Å². The number of ether oxygens (including phenoxy) is 1. The van der Waals surface area contributed by atoms with Crippen molar-refractivity contribution < 1.29 is 4.74 Å². The number of anilines is 1. The quantitative estimate of drug-likeness (QED) is 0.869. The minimum absolute atomic E-state index is 0.392. The summed E-state index contributed by atoms with van der Waals surface area (Å²) in [5.74, 6) is 0.961. The predicted octanol–water partition coefficient (Wildman–Crippen LogP) is 1.42. The topological polar surface area (TPSA) is 65.4 Å². The Morgan fingerprint density at radius 2 is 2.35 bits per heavy atom. The van der Waals surface area contributed by atoms with Gasteiger partial charge in [-0.1, -0.05) is 0 Å². The molecule has 2 aromatic heterocycles. The lowest BCUT2D eigenvalue weighted by Crippen LogP contribution is -2.08. The van der Waals surface area contributed by atoms with Crippen molar-refractivity contribution in [2.45, 2.75) is 31.8 Å². The third kappa shape index (κ3) is 2.10. The zero-order chi connectivity index (χ0) is 11.7. The van der Waals surface area contributed by atoms with Crippen molar-refractivity contribution in [3.63, 3.8) is 0 Å². The lowest BCUT2D eigenvalue weighted by molar-refractivity contribution is 0.104. The molecule has 0 saturated carbocycles. The number of hydrogen-bond acceptors (Lipinski definition) is 4. The molecule has 1 aliphatic rings. The minimum Gasteiger partial charge on any atom is -0.398 e. The van der Waals surface area contributed by atoms with Gasteiger partial charge in [0.05, 0.1) is 6.10 Å². The fourth-order valence-electron chi connectivity index (χ4n) is 2.29. The van der Waals surface area contributed by atoms with Crippen molar-refractivity contribution in [2.75, 3.05) is 12.3 Å². The fourth-order valence-corrected chi connectivity index (χ4v) is 2.29. The number of rotatable bonds is 3. The van der Waals surface area contributed by atoms with Gasteiger partial charge in [0.25, 0.3) is 0 Å². The van der Waals surface area contributed by atoms with E-state index >= 15 is 0 Å². The monoisotopic (exact) mass is 232 g/mol. The lowest BCUT2D eigenvalue weighted by atomic mass is 10.1. The van der Waals surface area contributed by atoms with Crippen LogP contribution < -0.4 is 5.73 Å². The van der Waals surface area contributed by atoms with Gasteiger partial charge in [0.15, 0.2) is 5.65 Å². The molecule has 5 heteroatoms. The van der Waals surface area contributed by atoms with Crippen molar-refractivity contribution in [3.05, 3.63) is 24.2 Å². The van der Waals surface area contributed by atoms with E-state index in [0.717, 1.165) is 36.6 Å². The second-order valence-electron chi connectivity index (χ2n) is 4.48. The third-order valence-corrected chi connectivity index (χ3v) is 3.21. The van der Waals surface area contributed by atoms with E-state index in [4.69, 9.17) is 10.5 Å². The van der Waals surface area contributed by atoms with E-state index in [1.165, 1.54) is 12.8 Å². The van der Waals surface area contributed by atoms with Gasteiger partial charge in [-0.2, -0.15) is 0 Å². The number of nitrogens with zero attached hydrogens (tertiary/aromatic N) is 3. The molecule has 5 nitrogen and oxygen atoms in total. The molecule has 1 saturated heterocycles. The molecule has 90 valence electrons. The molecule has 2 N–H and O–H groups in total. The SMILES string of the molecule is Nc1ccc2nnc(CCC3CCCO3)n2c1.